The number of benzene rings is 2. The van der Waals surface area contributed by atoms with Crippen LogP contribution in [-0.2, 0) is 4.79 Å². The van der Waals surface area contributed by atoms with E-state index in [0.29, 0.717) is 0 Å². The summed E-state index contributed by atoms with van der Waals surface area (Å²) in [5.41, 5.74) is 0.155. The summed E-state index contributed by atoms with van der Waals surface area (Å²) in [5, 5.41) is 2.72. The Morgan fingerprint density at radius 2 is 1.61 bits per heavy atom. The highest BCUT2D eigenvalue weighted by Gasteiger charge is 2.37. The molecule has 0 atom stereocenters. The normalized spacial score (nSPS) is 12.9. The van der Waals surface area contributed by atoms with Gasteiger partial charge >= 0.3 is 0 Å². The molecule has 0 spiro atoms. The molecule has 3 amide bonds. The molecular weight excluding hydrogens is 417 g/mol. The Morgan fingerprint density at radius 1 is 1.00 bits per heavy atom. The van der Waals surface area contributed by atoms with E-state index in [-0.39, 0.29) is 40.1 Å². The predicted molar refractivity (Wildman–Crippen MR) is 96.7 cm³/mol. The van der Waals surface area contributed by atoms with E-state index in [0.717, 1.165) is 17.0 Å². The highest BCUT2D eigenvalue weighted by molar-refractivity contribution is 6.43. The van der Waals surface area contributed by atoms with Gasteiger partial charge in [0.15, 0.2) is 11.6 Å². The summed E-state index contributed by atoms with van der Waals surface area (Å²) in [6, 6.07) is 5.62. The molecule has 6 nitrogen and oxygen atoms in total. The SMILES string of the molecule is O=C(CN1C(=O)c2cc(Cl)c(Cl)cc2C1=O)NCCOc1ccc(F)c(F)c1. The fourth-order valence-corrected chi connectivity index (χ4v) is 2.88. The van der Waals surface area contributed by atoms with Gasteiger partial charge in [0.25, 0.3) is 11.8 Å². The number of amides is 3. The molecule has 0 aromatic heterocycles. The van der Waals surface area contributed by atoms with Crippen LogP contribution in [0.25, 0.3) is 0 Å². The third kappa shape index (κ3) is 4.07. The monoisotopic (exact) mass is 428 g/mol. The van der Waals surface area contributed by atoms with Crippen molar-refractivity contribution < 1.29 is 27.9 Å². The number of carbonyl (C=O) groups excluding carboxylic acids is 3. The molecule has 2 aromatic rings. The number of hydrogen-bond acceptors (Lipinski definition) is 4. The first kappa shape index (κ1) is 20.0. The number of rotatable bonds is 6. The van der Waals surface area contributed by atoms with Crippen LogP contribution in [0.15, 0.2) is 30.3 Å². The number of imide groups is 1. The van der Waals surface area contributed by atoms with Gasteiger partial charge in [0, 0.05) is 6.07 Å². The first-order valence-electron chi connectivity index (χ1n) is 7.97. The number of halogens is 4. The van der Waals surface area contributed by atoms with Gasteiger partial charge in [-0.05, 0) is 24.3 Å². The maximum absolute atomic E-state index is 13.1. The van der Waals surface area contributed by atoms with Crippen LogP contribution in [0.2, 0.25) is 10.0 Å². The fraction of sp³-hybridized carbons (Fsp3) is 0.167. The average molecular weight is 429 g/mol. The Balaban J connectivity index is 1.52. The van der Waals surface area contributed by atoms with Crippen molar-refractivity contribution >= 4 is 40.9 Å². The van der Waals surface area contributed by atoms with Gasteiger partial charge in [-0.3, -0.25) is 19.3 Å². The number of nitrogens with one attached hydrogen (secondary N) is 1. The minimum atomic E-state index is -1.05. The van der Waals surface area contributed by atoms with Crippen molar-refractivity contribution in [1.29, 1.82) is 0 Å². The molecule has 0 saturated carbocycles. The summed E-state index contributed by atoms with van der Waals surface area (Å²) in [7, 11) is 0. The molecule has 0 saturated heterocycles. The molecule has 10 heteroatoms. The minimum Gasteiger partial charge on any atom is -0.492 e. The van der Waals surface area contributed by atoms with Gasteiger partial charge < -0.3 is 10.1 Å². The Morgan fingerprint density at radius 3 is 2.18 bits per heavy atom. The number of carbonyl (C=O) groups is 3. The van der Waals surface area contributed by atoms with Gasteiger partial charge in [0.2, 0.25) is 5.91 Å². The second-order valence-electron chi connectivity index (χ2n) is 5.78. The van der Waals surface area contributed by atoms with Crippen molar-refractivity contribution in [2.24, 2.45) is 0 Å². The van der Waals surface area contributed by atoms with Crippen molar-refractivity contribution in [2.45, 2.75) is 0 Å². The standard InChI is InChI=1S/C18H12Cl2F2N2O4/c19-12-6-10-11(7-13(12)20)18(27)24(17(10)26)8-16(25)23-3-4-28-9-1-2-14(21)15(22)5-9/h1-2,5-7H,3-4,8H2,(H,23,25). The molecule has 1 aliphatic heterocycles. The zero-order valence-electron chi connectivity index (χ0n) is 14.1. The molecule has 0 unspecified atom stereocenters. The van der Waals surface area contributed by atoms with Gasteiger partial charge in [0.05, 0.1) is 27.7 Å². The quantitative estimate of drug-likeness (QED) is 0.566. The van der Waals surface area contributed by atoms with Crippen LogP contribution in [0.1, 0.15) is 20.7 Å². The number of ether oxygens (including phenoxy) is 1. The summed E-state index contributed by atoms with van der Waals surface area (Å²) < 4.78 is 31.1. The topological polar surface area (TPSA) is 75.7 Å². The van der Waals surface area contributed by atoms with Gasteiger partial charge in [0.1, 0.15) is 18.9 Å². The van der Waals surface area contributed by atoms with E-state index in [4.69, 9.17) is 27.9 Å². The second-order valence-corrected chi connectivity index (χ2v) is 6.60. The zero-order chi connectivity index (χ0) is 20.4. The smallest absolute Gasteiger partial charge is 0.262 e. The van der Waals surface area contributed by atoms with Crippen molar-refractivity contribution in [3.8, 4) is 5.75 Å². The summed E-state index contributed by atoms with van der Waals surface area (Å²) >= 11 is 11.7. The molecular formula is C18H12Cl2F2N2O4. The maximum Gasteiger partial charge on any atom is 0.262 e. The van der Waals surface area contributed by atoms with Crippen LogP contribution in [0.4, 0.5) is 8.78 Å². The van der Waals surface area contributed by atoms with Gasteiger partial charge in [-0.25, -0.2) is 8.78 Å². The number of fused-ring (bicyclic) bond motifs is 1. The predicted octanol–water partition coefficient (Wildman–Crippen LogP) is 3.06. The highest BCUT2D eigenvalue weighted by Crippen LogP contribution is 2.31. The van der Waals surface area contributed by atoms with Crippen molar-refractivity contribution in [1.82, 2.24) is 10.2 Å². The van der Waals surface area contributed by atoms with E-state index in [1.54, 1.807) is 0 Å². The molecule has 1 heterocycles. The molecule has 0 fully saturated rings. The van der Waals surface area contributed by atoms with Crippen molar-refractivity contribution in [2.75, 3.05) is 19.7 Å². The third-order valence-corrected chi connectivity index (χ3v) is 4.62. The molecule has 0 radical (unpaired) electrons. The molecule has 0 bridgehead atoms. The Labute approximate surface area is 168 Å². The summed E-state index contributed by atoms with van der Waals surface area (Å²) in [4.78, 5) is 37.4. The lowest BCUT2D eigenvalue weighted by Crippen LogP contribution is -2.41. The Hall–Kier alpha value is -2.71. The highest BCUT2D eigenvalue weighted by atomic mass is 35.5. The van der Waals surface area contributed by atoms with Crippen LogP contribution in [0.3, 0.4) is 0 Å². The Bertz CT molecular complexity index is 943. The van der Waals surface area contributed by atoms with Crippen LogP contribution >= 0.6 is 23.2 Å². The Kier molecular flexibility index (Phi) is 5.81. The van der Waals surface area contributed by atoms with Gasteiger partial charge in [-0.15, -0.1) is 0 Å². The van der Waals surface area contributed by atoms with E-state index in [9.17, 15) is 23.2 Å². The van der Waals surface area contributed by atoms with E-state index >= 15 is 0 Å². The van der Waals surface area contributed by atoms with Gasteiger partial charge in [-0.1, -0.05) is 23.2 Å². The van der Waals surface area contributed by atoms with E-state index < -0.39 is 35.9 Å². The molecule has 28 heavy (non-hydrogen) atoms. The van der Waals surface area contributed by atoms with Crippen LogP contribution in [0, 0.1) is 11.6 Å². The van der Waals surface area contributed by atoms with Crippen molar-refractivity contribution in [3.63, 3.8) is 0 Å². The molecule has 0 aliphatic carbocycles. The number of nitrogens with zero attached hydrogens (tertiary/aromatic N) is 1. The average Bonchev–Trinajstić information content (AvgIpc) is 2.87. The van der Waals surface area contributed by atoms with E-state index in [1.165, 1.54) is 18.2 Å². The lowest BCUT2D eigenvalue weighted by molar-refractivity contribution is -0.121. The lowest BCUT2D eigenvalue weighted by atomic mass is 10.1. The van der Waals surface area contributed by atoms with Gasteiger partial charge in [-0.2, -0.15) is 0 Å². The molecule has 146 valence electrons. The van der Waals surface area contributed by atoms with Crippen molar-refractivity contribution in [3.05, 3.63) is 63.1 Å². The molecule has 1 N–H and O–H groups in total. The van der Waals surface area contributed by atoms with Crippen LogP contribution in [0.5, 0.6) is 5.75 Å². The minimum absolute atomic E-state index is 0.0237. The van der Waals surface area contributed by atoms with Crippen LogP contribution < -0.4 is 10.1 Å². The fourth-order valence-electron chi connectivity index (χ4n) is 2.55. The summed E-state index contributed by atoms with van der Waals surface area (Å²) in [6.07, 6.45) is 0. The maximum atomic E-state index is 13.1. The number of hydrogen-bond donors (Lipinski definition) is 1. The molecule has 3 rings (SSSR count). The molecule has 2 aromatic carbocycles. The second kappa shape index (κ2) is 8.12. The first-order chi connectivity index (χ1) is 13.3. The lowest BCUT2D eigenvalue weighted by Gasteiger charge is -2.14. The largest absolute Gasteiger partial charge is 0.492 e. The summed E-state index contributed by atoms with van der Waals surface area (Å²) in [5.74, 6) is -3.84. The van der Waals surface area contributed by atoms with E-state index in [1.807, 2.05) is 0 Å². The molecule has 1 aliphatic rings. The van der Waals surface area contributed by atoms with Crippen LogP contribution in [-0.4, -0.2) is 42.3 Å². The zero-order valence-corrected chi connectivity index (χ0v) is 15.6. The first-order valence-corrected chi connectivity index (χ1v) is 8.73. The third-order valence-electron chi connectivity index (χ3n) is 3.90. The summed E-state index contributed by atoms with van der Waals surface area (Å²) in [6.45, 7) is -0.491. The van der Waals surface area contributed by atoms with E-state index in [2.05, 4.69) is 5.32 Å².